The van der Waals surface area contributed by atoms with Gasteiger partial charge >= 0.3 is 0 Å². The Hall–Kier alpha value is -1.80. The summed E-state index contributed by atoms with van der Waals surface area (Å²) in [5.74, 6) is 1.53. The lowest BCUT2D eigenvalue weighted by Crippen LogP contribution is -2.41. The average Bonchev–Trinajstić information content (AvgIpc) is 2.51. The van der Waals surface area contributed by atoms with Crippen molar-refractivity contribution in [2.75, 3.05) is 6.54 Å². The van der Waals surface area contributed by atoms with E-state index >= 15 is 0 Å². The molecule has 103 valence electrons. The van der Waals surface area contributed by atoms with Crippen LogP contribution in [-0.4, -0.2) is 12.8 Å². The minimum atomic E-state index is 0.129. The molecule has 0 spiro atoms. The molecule has 1 aliphatic rings. The van der Waals surface area contributed by atoms with Crippen molar-refractivity contribution < 1.29 is 4.74 Å². The standard InChI is InChI=1S/C18H20NO/c1-14-7-10-17(11-8-14)20-18-12-9-16(13-19-18)15-5-3-2-4-6-15/h3-8,10-11,16,18-19H,9,12-13H2,1H3. The van der Waals surface area contributed by atoms with Crippen LogP contribution in [0.4, 0.5) is 0 Å². The fourth-order valence-electron chi connectivity index (χ4n) is 2.67. The highest BCUT2D eigenvalue weighted by Gasteiger charge is 2.22. The number of benzene rings is 2. The molecule has 0 aromatic heterocycles. The number of aryl methyl sites for hydroxylation is 1. The van der Waals surface area contributed by atoms with E-state index in [0.29, 0.717) is 5.92 Å². The first-order chi connectivity index (χ1) is 9.81. The topological polar surface area (TPSA) is 21.3 Å². The molecule has 0 saturated carbocycles. The molecular weight excluding hydrogens is 246 g/mol. The van der Waals surface area contributed by atoms with E-state index in [1.54, 1.807) is 0 Å². The Balaban J connectivity index is 1.55. The summed E-state index contributed by atoms with van der Waals surface area (Å²) in [4.78, 5) is 0. The third kappa shape index (κ3) is 3.20. The zero-order chi connectivity index (χ0) is 13.8. The predicted octanol–water partition coefficient (Wildman–Crippen LogP) is 3.67. The van der Waals surface area contributed by atoms with Gasteiger partial charge < -0.3 is 4.74 Å². The lowest BCUT2D eigenvalue weighted by Gasteiger charge is -2.30. The summed E-state index contributed by atoms with van der Waals surface area (Å²) in [5.41, 5.74) is 2.65. The molecule has 2 unspecified atom stereocenters. The molecule has 1 heterocycles. The number of hydrogen-bond donors (Lipinski definition) is 1. The molecule has 20 heavy (non-hydrogen) atoms. The smallest absolute Gasteiger partial charge is 0.150 e. The summed E-state index contributed by atoms with van der Waals surface area (Å²) < 4.78 is 5.98. The van der Waals surface area contributed by atoms with Crippen LogP contribution in [0, 0.1) is 13.0 Å². The Bertz CT molecular complexity index is 527. The molecule has 0 aliphatic carbocycles. The second-order valence-corrected chi connectivity index (χ2v) is 5.44. The Morgan fingerprint density at radius 3 is 2.45 bits per heavy atom. The van der Waals surface area contributed by atoms with Crippen molar-refractivity contribution in [3.05, 3.63) is 65.7 Å². The summed E-state index contributed by atoms with van der Waals surface area (Å²) in [6, 6.07) is 19.6. The van der Waals surface area contributed by atoms with Crippen LogP contribution in [-0.2, 0) is 0 Å². The van der Waals surface area contributed by atoms with E-state index in [0.717, 1.165) is 25.1 Å². The largest absolute Gasteiger partial charge is 0.475 e. The van der Waals surface area contributed by atoms with Gasteiger partial charge in [0.25, 0.3) is 0 Å². The molecule has 1 N–H and O–H groups in total. The van der Waals surface area contributed by atoms with Gasteiger partial charge in [-0.2, -0.15) is 0 Å². The van der Waals surface area contributed by atoms with Crippen molar-refractivity contribution in [1.29, 1.82) is 0 Å². The normalized spacial score (nSPS) is 22.4. The van der Waals surface area contributed by atoms with Gasteiger partial charge in [-0.1, -0.05) is 42.0 Å². The summed E-state index contributed by atoms with van der Waals surface area (Å²) in [6.45, 7) is 3.06. The molecule has 2 aromatic carbocycles. The highest BCUT2D eigenvalue weighted by Crippen LogP contribution is 2.26. The van der Waals surface area contributed by atoms with Crippen LogP contribution in [0.5, 0.6) is 5.75 Å². The van der Waals surface area contributed by atoms with Gasteiger partial charge in [-0.3, -0.25) is 5.32 Å². The molecule has 1 fully saturated rings. The number of ether oxygens (including phenoxy) is 1. The van der Waals surface area contributed by atoms with E-state index in [1.165, 1.54) is 11.1 Å². The molecule has 1 radical (unpaired) electrons. The fraction of sp³-hybridized carbons (Fsp3) is 0.333. The Labute approximate surface area is 120 Å². The molecule has 3 rings (SSSR count). The Kier molecular flexibility index (Phi) is 4.03. The van der Waals surface area contributed by atoms with E-state index in [4.69, 9.17) is 4.74 Å². The van der Waals surface area contributed by atoms with Crippen LogP contribution in [0.1, 0.15) is 29.9 Å². The van der Waals surface area contributed by atoms with E-state index < -0.39 is 0 Å². The van der Waals surface area contributed by atoms with Crippen LogP contribution in [0.2, 0.25) is 0 Å². The zero-order valence-corrected chi connectivity index (χ0v) is 11.8. The summed E-state index contributed by atoms with van der Waals surface area (Å²) in [6.07, 6.45) is 2.33. The van der Waals surface area contributed by atoms with Gasteiger partial charge in [0.15, 0.2) is 0 Å². The summed E-state index contributed by atoms with van der Waals surface area (Å²) >= 11 is 0. The number of piperidine rings is 1. The van der Waals surface area contributed by atoms with Crippen LogP contribution in [0.15, 0.2) is 48.5 Å². The molecule has 2 nitrogen and oxygen atoms in total. The average molecular weight is 266 g/mol. The maximum Gasteiger partial charge on any atom is 0.150 e. The van der Waals surface area contributed by atoms with Crippen LogP contribution in [0.25, 0.3) is 0 Å². The second kappa shape index (κ2) is 6.10. The van der Waals surface area contributed by atoms with E-state index in [9.17, 15) is 0 Å². The Morgan fingerprint density at radius 1 is 1.05 bits per heavy atom. The maximum absolute atomic E-state index is 5.98. The number of nitrogens with one attached hydrogen (secondary N) is 1. The van der Waals surface area contributed by atoms with Crippen LogP contribution < -0.4 is 10.1 Å². The van der Waals surface area contributed by atoms with Crippen molar-refractivity contribution in [1.82, 2.24) is 5.32 Å². The first-order valence-electron chi connectivity index (χ1n) is 7.24. The van der Waals surface area contributed by atoms with Crippen molar-refractivity contribution in [3.8, 4) is 5.75 Å². The molecule has 1 aliphatic heterocycles. The lowest BCUT2D eigenvalue weighted by molar-refractivity contribution is 0.125. The molecule has 1 saturated heterocycles. The highest BCUT2D eigenvalue weighted by molar-refractivity contribution is 5.26. The highest BCUT2D eigenvalue weighted by atomic mass is 16.5. The van der Waals surface area contributed by atoms with Gasteiger partial charge in [0.1, 0.15) is 12.0 Å². The lowest BCUT2D eigenvalue weighted by atomic mass is 9.91. The first-order valence-corrected chi connectivity index (χ1v) is 7.24. The molecular formula is C18H20NO. The zero-order valence-electron chi connectivity index (χ0n) is 11.8. The van der Waals surface area contributed by atoms with Crippen molar-refractivity contribution >= 4 is 0 Å². The minimum absolute atomic E-state index is 0.129. The van der Waals surface area contributed by atoms with E-state index in [1.807, 2.05) is 24.3 Å². The quantitative estimate of drug-likeness (QED) is 0.915. The number of rotatable bonds is 3. The summed E-state index contributed by atoms with van der Waals surface area (Å²) in [5, 5.41) is 3.50. The Morgan fingerprint density at radius 2 is 1.80 bits per heavy atom. The van der Waals surface area contributed by atoms with Crippen molar-refractivity contribution in [2.24, 2.45) is 0 Å². The van der Waals surface area contributed by atoms with Crippen LogP contribution >= 0.6 is 0 Å². The fourth-order valence-corrected chi connectivity index (χ4v) is 2.67. The van der Waals surface area contributed by atoms with E-state index in [-0.39, 0.29) is 6.23 Å². The van der Waals surface area contributed by atoms with Gasteiger partial charge in [0.2, 0.25) is 0 Å². The number of hydrogen-bond acceptors (Lipinski definition) is 2. The van der Waals surface area contributed by atoms with Crippen LogP contribution in [0.3, 0.4) is 0 Å². The van der Waals surface area contributed by atoms with Gasteiger partial charge in [-0.05, 0) is 49.4 Å². The van der Waals surface area contributed by atoms with Crippen molar-refractivity contribution in [2.45, 2.75) is 31.9 Å². The van der Waals surface area contributed by atoms with Gasteiger partial charge in [-0.25, -0.2) is 0 Å². The third-order valence-corrected chi connectivity index (χ3v) is 3.88. The van der Waals surface area contributed by atoms with Gasteiger partial charge in [0, 0.05) is 6.54 Å². The second-order valence-electron chi connectivity index (χ2n) is 5.44. The summed E-state index contributed by atoms with van der Waals surface area (Å²) in [7, 11) is 0. The molecule has 2 atom stereocenters. The monoisotopic (exact) mass is 266 g/mol. The molecule has 2 aromatic rings. The third-order valence-electron chi connectivity index (χ3n) is 3.88. The van der Waals surface area contributed by atoms with Gasteiger partial charge in [0.05, 0.1) is 0 Å². The SMILES string of the molecule is Cc1ccc(OC2CCC(c3cc[c]cc3)CN2)cc1. The molecule has 0 amide bonds. The minimum Gasteiger partial charge on any atom is -0.475 e. The van der Waals surface area contributed by atoms with Crippen molar-refractivity contribution in [3.63, 3.8) is 0 Å². The van der Waals surface area contributed by atoms with Gasteiger partial charge in [-0.15, -0.1) is 0 Å². The van der Waals surface area contributed by atoms with E-state index in [2.05, 4.69) is 42.6 Å². The molecule has 2 heteroatoms. The molecule has 0 bridgehead atoms. The predicted molar refractivity (Wildman–Crippen MR) is 80.9 cm³/mol. The maximum atomic E-state index is 5.98. The first kappa shape index (κ1) is 13.2.